The van der Waals surface area contributed by atoms with Gasteiger partial charge in [0.15, 0.2) is 0 Å². The number of nitrogens with one attached hydrogen (secondary N) is 1. The first-order valence-corrected chi connectivity index (χ1v) is 7.08. The van der Waals surface area contributed by atoms with Gasteiger partial charge in [0.05, 0.1) is 16.2 Å². The molecule has 21 heavy (non-hydrogen) atoms. The van der Waals surface area contributed by atoms with E-state index < -0.39 is 5.82 Å². The molecule has 0 aliphatic carbocycles. The van der Waals surface area contributed by atoms with Crippen molar-refractivity contribution in [2.45, 2.75) is 13.0 Å². The van der Waals surface area contributed by atoms with Crippen LogP contribution in [0.25, 0.3) is 10.9 Å². The summed E-state index contributed by atoms with van der Waals surface area (Å²) in [6.07, 6.45) is 1.77. The number of para-hydroxylation sites is 1. The Kier molecular flexibility index (Phi) is 3.76. The second-order valence-corrected chi connectivity index (χ2v) is 5.33. The Morgan fingerprint density at radius 3 is 2.76 bits per heavy atom. The molecule has 1 aromatic heterocycles. The summed E-state index contributed by atoms with van der Waals surface area (Å²) < 4.78 is 13.2. The minimum absolute atomic E-state index is 0.00398. The third-order valence-corrected chi connectivity index (χ3v) is 3.74. The van der Waals surface area contributed by atoms with Crippen LogP contribution in [-0.4, -0.2) is 4.98 Å². The Bertz CT molecular complexity index is 783. The summed E-state index contributed by atoms with van der Waals surface area (Å²) in [5, 5.41) is 4.62. The van der Waals surface area contributed by atoms with Crippen LogP contribution in [0.2, 0.25) is 5.02 Å². The third kappa shape index (κ3) is 2.83. The molecule has 1 heterocycles. The molecule has 2 aromatic carbocycles. The van der Waals surface area contributed by atoms with Gasteiger partial charge >= 0.3 is 0 Å². The molecule has 2 nitrogen and oxygen atoms in total. The van der Waals surface area contributed by atoms with Gasteiger partial charge in [0, 0.05) is 17.6 Å². The molecule has 3 aromatic rings. The smallest absolute Gasteiger partial charge is 0.141 e. The van der Waals surface area contributed by atoms with Gasteiger partial charge in [0.2, 0.25) is 0 Å². The highest BCUT2D eigenvalue weighted by molar-refractivity contribution is 6.30. The topological polar surface area (TPSA) is 24.9 Å². The minimum Gasteiger partial charge on any atom is -0.377 e. The molecule has 3 rings (SSSR count). The quantitative estimate of drug-likeness (QED) is 0.719. The van der Waals surface area contributed by atoms with E-state index in [-0.39, 0.29) is 11.1 Å². The summed E-state index contributed by atoms with van der Waals surface area (Å²) in [6.45, 7) is 2.01. The first kappa shape index (κ1) is 13.8. The molecule has 0 spiro atoms. The van der Waals surface area contributed by atoms with Gasteiger partial charge in [-0.1, -0.05) is 35.9 Å². The maximum absolute atomic E-state index is 13.2. The lowest BCUT2D eigenvalue weighted by molar-refractivity contribution is 0.627. The summed E-state index contributed by atoms with van der Waals surface area (Å²) in [7, 11) is 0. The average Bonchev–Trinajstić information content (AvgIpc) is 2.50. The van der Waals surface area contributed by atoms with E-state index in [0.29, 0.717) is 0 Å². The molecule has 1 unspecified atom stereocenters. The van der Waals surface area contributed by atoms with Crippen molar-refractivity contribution < 1.29 is 4.39 Å². The van der Waals surface area contributed by atoms with Gasteiger partial charge in [0.25, 0.3) is 0 Å². The Hall–Kier alpha value is -2.13. The second kappa shape index (κ2) is 5.70. The predicted molar refractivity (Wildman–Crippen MR) is 85.2 cm³/mol. The standard InChI is InChI=1S/C17H14ClFN2/c1-11(13-7-8-15(19)14(18)10-13)21-16-6-2-4-12-5-3-9-20-17(12)16/h2-11,21H,1H3. The lowest BCUT2D eigenvalue weighted by atomic mass is 10.1. The second-order valence-electron chi connectivity index (χ2n) is 4.92. The summed E-state index contributed by atoms with van der Waals surface area (Å²) in [5.74, 6) is -0.403. The summed E-state index contributed by atoms with van der Waals surface area (Å²) >= 11 is 5.84. The van der Waals surface area contributed by atoms with Crippen LogP contribution in [0.15, 0.2) is 54.7 Å². The number of aromatic nitrogens is 1. The number of fused-ring (bicyclic) bond motifs is 1. The number of benzene rings is 2. The Morgan fingerprint density at radius 1 is 1.14 bits per heavy atom. The van der Waals surface area contributed by atoms with Crippen molar-refractivity contribution in [3.05, 3.63) is 71.1 Å². The number of hydrogen-bond acceptors (Lipinski definition) is 2. The lowest BCUT2D eigenvalue weighted by Crippen LogP contribution is -2.07. The molecular formula is C17H14ClFN2. The van der Waals surface area contributed by atoms with Crippen molar-refractivity contribution in [1.29, 1.82) is 0 Å². The zero-order chi connectivity index (χ0) is 14.8. The molecule has 1 N–H and O–H groups in total. The average molecular weight is 301 g/mol. The monoisotopic (exact) mass is 300 g/mol. The van der Waals surface area contributed by atoms with Crippen molar-refractivity contribution in [1.82, 2.24) is 4.98 Å². The van der Waals surface area contributed by atoms with E-state index in [4.69, 9.17) is 11.6 Å². The van der Waals surface area contributed by atoms with Crippen molar-refractivity contribution in [2.24, 2.45) is 0 Å². The Balaban J connectivity index is 1.92. The fourth-order valence-corrected chi connectivity index (χ4v) is 2.51. The van der Waals surface area contributed by atoms with E-state index in [0.717, 1.165) is 22.2 Å². The van der Waals surface area contributed by atoms with Crippen LogP contribution in [0.4, 0.5) is 10.1 Å². The maximum atomic E-state index is 13.2. The molecule has 0 saturated heterocycles. The highest BCUT2D eigenvalue weighted by Crippen LogP contribution is 2.27. The van der Waals surface area contributed by atoms with E-state index in [1.54, 1.807) is 18.3 Å². The predicted octanol–water partition coefficient (Wildman–Crippen LogP) is 5.20. The van der Waals surface area contributed by atoms with Gasteiger partial charge in [-0.15, -0.1) is 0 Å². The highest BCUT2D eigenvalue weighted by Gasteiger charge is 2.10. The van der Waals surface area contributed by atoms with Gasteiger partial charge in [0.1, 0.15) is 5.82 Å². The third-order valence-electron chi connectivity index (χ3n) is 3.45. The molecule has 0 amide bonds. The summed E-state index contributed by atoms with van der Waals surface area (Å²) in [6, 6.07) is 14.7. The number of nitrogens with zero attached hydrogens (tertiary/aromatic N) is 1. The van der Waals surface area contributed by atoms with E-state index in [1.165, 1.54) is 6.07 Å². The highest BCUT2D eigenvalue weighted by atomic mass is 35.5. The minimum atomic E-state index is -0.403. The maximum Gasteiger partial charge on any atom is 0.141 e. The van der Waals surface area contributed by atoms with Crippen LogP contribution in [0, 0.1) is 5.82 Å². The van der Waals surface area contributed by atoms with Gasteiger partial charge in [-0.3, -0.25) is 4.98 Å². The van der Waals surface area contributed by atoms with Crippen LogP contribution < -0.4 is 5.32 Å². The Labute approximate surface area is 127 Å². The van der Waals surface area contributed by atoms with Gasteiger partial charge in [-0.25, -0.2) is 4.39 Å². The van der Waals surface area contributed by atoms with E-state index in [1.807, 2.05) is 37.3 Å². The SMILES string of the molecule is CC(Nc1cccc2cccnc12)c1ccc(F)c(Cl)c1. The number of anilines is 1. The number of pyridine rings is 1. The molecule has 4 heteroatoms. The first-order chi connectivity index (χ1) is 10.1. The molecule has 0 bridgehead atoms. The van der Waals surface area contributed by atoms with Crippen LogP contribution >= 0.6 is 11.6 Å². The number of rotatable bonds is 3. The fourth-order valence-electron chi connectivity index (χ4n) is 2.32. The zero-order valence-corrected chi connectivity index (χ0v) is 12.2. The number of halogens is 2. The zero-order valence-electron chi connectivity index (χ0n) is 11.5. The van der Waals surface area contributed by atoms with Gasteiger partial charge in [-0.2, -0.15) is 0 Å². The van der Waals surface area contributed by atoms with Crippen LogP contribution in [-0.2, 0) is 0 Å². The number of hydrogen-bond donors (Lipinski definition) is 1. The van der Waals surface area contributed by atoms with E-state index in [2.05, 4.69) is 10.3 Å². The van der Waals surface area contributed by atoms with Crippen molar-refractivity contribution in [3.8, 4) is 0 Å². The molecule has 0 aliphatic heterocycles. The van der Waals surface area contributed by atoms with Crippen LogP contribution in [0.1, 0.15) is 18.5 Å². The molecule has 0 fully saturated rings. The van der Waals surface area contributed by atoms with Crippen LogP contribution in [0.3, 0.4) is 0 Å². The summed E-state index contributed by atoms with van der Waals surface area (Å²) in [4.78, 5) is 4.41. The van der Waals surface area contributed by atoms with Gasteiger partial charge in [-0.05, 0) is 36.8 Å². The van der Waals surface area contributed by atoms with E-state index >= 15 is 0 Å². The Morgan fingerprint density at radius 2 is 1.95 bits per heavy atom. The van der Waals surface area contributed by atoms with E-state index in [9.17, 15) is 4.39 Å². The van der Waals surface area contributed by atoms with Crippen molar-refractivity contribution in [2.75, 3.05) is 5.32 Å². The first-order valence-electron chi connectivity index (χ1n) is 6.70. The molecule has 0 radical (unpaired) electrons. The molecular weight excluding hydrogens is 287 g/mol. The molecule has 0 saturated carbocycles. The summed E-state index contributed by atoms with van der Waals surface area (Å²) in [5.41, 5.74) is 2.79. The van der Waals surface area contributed by atoms with Crippen molar-refractivity contribution >= 4 is 28.2 Å². The van der Waals surface area contributed by atoms with Crippen LogP contribution in [0.5, 0.6) is 0 Å². The van der Waals surface area contributed by atoms with Crippen molar-refractivity contribution in [3.63, 3.8) is 0 Å². The normalized spacial score (nSPS) is 12.3. The molecule has 106 valence electrons. The van der Waals surface area contributed by atoms with Gasteiger partial charge < -0.3 is 5.32 Å². The largest absolute Gasteiger partial charge is 0.377 e. The molecule has 1 atom stereocenters. The fraction of sp³-hybridized carbons (Fsp3) is 0.118. The molecule has 0 aliphatic rings. The lowest BCUT2D eigenvalue weighted by Gasteiger charge is -2.17.